The second-order valence-electron chi connectivity index (χ2n) is 5.69. The Bertz CT molecular complexity index is 602. The highest BCUT2D eigenvalue weighted by Crippen LogP contribution is 2.27. The van der Waals surface area contributed by atoms with Gasteiger partial charge in [-0.25, -0.2) is 13.4 Å². The van der Waals surface area contributed by atoms with E-state index in [1.54, 1.807) is 10.4 Å². The van der Waals surface area contributed by atoms with Gasteiger partial charge in [0, 0.05) is 25.3 Å². The Kier molecular flexibility index (Phi) is 4.49. The van der Waals surface area contributed by atoms with Crippen molar-refractivity contribution in [3.8, 4) is 0 Å². The summed E-state index contributed by atoms with van der Waals surface area (Å²) in [5, 5.41) is 0.0563. The number of halogens is 1. The van der Waals surface area contributed by atoms with Gasteiger partial charge < -0.3 is 0 Å². The molecule has 0 amide bonds. The minimum absolute atomic E-state index is 0.0563. The normalized spacial score (nSPS) is 25.3. The van der Waals surface area contributed by atoms with Crippen molar-refractivity contribution < 1.29 is 8.42 Å². The first-order valence-electron chi connectivity index (χ1n) is 7.44. The summed E-state index contributed by atoms with van der Waals surface area (Å²) in [4.78, 5) is 6.43. The van der Waals surface area contributed by atoms with E-state index in [0.29, 0.717) is 19.1 Å². The second kappa shape index (κ2) is 6.20. The molecule has 0 bridgehead atoms. The summed E-state index contributed by atoms with van der Waals surface area (Å²) in [6.07, 6.45) is 5.92. The van der Waals surface area contributed by atoms with Gasteiger partial charge in [-0.2, -0.15) is 4.31 Å². The zero-order valence-electron chi connectivity index (χ0n) is 11.9. The minimum Gasteiger partial charge on any atom is -0.299 e. The minimum atomic E-state index is -3.54. The number of pyridine rings is 1. The van der Waals surface area contributed by atoms with E-state index in [1.807, 2.05) is 0 Å². The molecule has 1 aromatic heterocycles. The molecule has 2 aliphatic heterocycles. The largest absolute Gasteiger partial charge is 0.299 e. The predicted octanol–water partition coefficient (Wildman–Crippen LogP) is 1.98. The van der Waals surface area contributed by atoms with E-state index in [4.69, 9.17) is 11.6 Å². The van der Waals surface area contributed by atoms with E-state index in [-0.39, 0.29) is 10.0 Å². The van der Waals surface area contributed by atoms with Crippen LogP contribution in [0.2, 0.25) is 5.15 Å². The Balaban J connectivity index is 1.80. The van der Waals surface area contributed by atoms with E-state index < -0.39 is 10.0 Å². The SMILES string of the molecule is O=S(=O)(c1cccnc1Cl)N1CCCC(N2CCCC2)C1. The van der Waals surface area contributed by atoms with Gasteiger partial charge in [0.25, 0.3) is 0 Å². The maximum atomic E-state index is 12.8. The smallest absolute Gasteiger partial charge is 0.246 e. The lowest BCUT2D eigenvalue weighted by atomic mass is 10.1. The number of sulfonamides is 1. The van der Waals surface area contributed by atoms with Crippen LogP contribution in [0.1, 0.15) is 25.7 Å². The zero-order valence-corrected chi connectivity index (χ0v) is 13.5. The Morgan fingerprint density at radius 3 is 2.67 bits per heavy atom. The molecule has 0 aliphatic carbocycles. The van der Waals surface area contributed by atoms with Gasteiger partial charge in [-0.15, -0.1) is 0 Å². The number of hydrogen-bond donors (Lipinski definition) is 0. The van der Waals surface area contributed by atoms with Crippen LogP contribution in [0.25, 0.3) is 0 Å². The van der Waals surface area contributed by atoms with Gasteiger partial charge in [-0.3, -0.25) is 4.90 Å². The molecule has 0 saturated carbocycles. The number of hydrogen-bond acceptors (Lipinski definition) is 4. The maximum Gasteiger partial charge on any atom is 0.246 e. The van der Waals surface area contributed by atoms with Crippen molar-refractivity contribution in [3.05, 3.63) is 23.5 Å². The fraction of sp³-hybridized carbons (Fsp3) is 0.643. The summed E-state index contributed by atoms with van der Waals surface area (Å²) >= 11 is 5.96. The van der Waals surface area contributed by atoms with Gasteiger partial charge >= 0.3 is 0 Å². The fourth-order valence-electron chi connectivity index (χ4n) is 3.25. The summed E-state index contributed by atoms with van der Waals surface area (Å²) in [6, 6.07) is 3.48. The third-order valence-corrected chi connectivity index (χ3v) is 6.67. The van der Waals surface area contributed by atoms with Crippen LogP contribution in [0.4, 0.5) is 0 Å². The Morgan fingerprint density at radius 1 is 1.19 bits per heavy atom. The summed E-state index contributed by atoms with van der Waals surface area (Å²) in [7, 11) is -3.54. The molecule has 1 atom stereocenters. The third-order valence-electron chi connectivity index (χ3n) is 4.36. The lowest BCUT2D eigenvalue weighted by molar-refractivity contribution is 0.162. The van der Waals surface area contributed by atoms with Crippen molar-refractivity contribution in [3.63, 3.8) is 0 Å². The first-order chi connectivity index (χ1) is 10.1. The number of likely N-dealkylation sites (tertiary alicyclic amines) is 1. The standard InChI is InChI=1S/C14H20ClN3O2S/c15-14-13(6-3-7-16-14)21(19,20)18-10-4-5-12(11-18)17-8-1-2-9-17/h3,6-7,12H,1-2,4-5,8-11H2. The predicted molar refractivity (Wildman–Crippen MR) is 81.8 cm³/mol. The molecule has 2 aliphatic rings. The third kappa shape index (κ3) is 3.08. The van der Waals surface area contributed by atoms with E-state index in [0.717, 1.165) is 25.9 Å². The van der Waals surface area contributed by atoms with E-state index in [1.165, 1.54) is 25.1 Å². The molecular formula is C14H20ClN3O2S. The molecule has 3 heterocycles. The van der Waals surface area contributed by atoms with Crippen LogP contribution in [0, 0.1) is 0 Å². The van der Waals surface area contributed by atoms with Gasteiger partial charge in [-0.1, -0.05) is 11.6 Å². The highest BCUT2D eigenvalue weighted by molar-refractivity contribution is 7.89. The van der Waals surface area contributed by atoms with Crippen molar-refractivity contribution >= 4 is 21.6 Å². The Labute approximate surface area is 131 Å². The topological polar surface area (TPSA) is 53.5 Å². The summed E-state index contributed by atoms with van der Waals surface area (Å²) in [5.41, 5.74) is 0. The van der Waals surface area contributed by atoms with Crippen LogP contribution in [0.5, 0.6) is 0 Å². The van der Waals surface area contributed by atoms with Gasteiger partial charge in [0.15, 0.2) is 0 Å². The van der Waals surface area contributed by atoms with Gasteiger partial charge in [0.1, 0.15) is 10.0 Å². The van der Waals surface area contributed by atoms with E-state index >= 15 is 0 Å². The lowest BCUT2D eigenvalue weighted by Gasteiger charge is -2.36. The quantitative estimate of drug-likeness (QED) is 0.796. The molecule has 21 heavy (non-hydrogen) atoms. The second-order valence-corrected chi connectivity index (χ2v) is 7.96. The van der Waals surface area contributed by atoms with E-state index in [9.17, 15) is 8.42 Å². The molecule has 5 nitrogen and oxygen atoms in total. The lowest BCUT2D eigenvalue weighted by Crippen LogP contribution is -2.48. The van der Waals surface area contributed by atoms with Crippen molar-refractivity contribution in [2.75, 3.05) is 26.2 Å². The molecule has 2 saturated heterocycles. The van der Waals surface area contributed by atoms with Crippen molar-refractivity contribution in [2.24, 2.45) is 0 Å². The zero-order chi connectivity index (χ0) is 14.9. The maximum absolute atomic E-state index is 12.8. The molecule has 0 aromatic carbocycles. The molecule has 2 fully saturated rings. The monoisotopic (exact) mass is 329 g/mol. The van der Waals surface area contributed by atoms with Crippen molar-refractivity contribution in [2.45, 2.75) is 36.6 Å². The molecule has 0 radical (unpaired) electrons. The van der Waals surface area contributed by atoms with Gasteiger partial charge in [0.2, 0.25) is 10.0 Å². The van der Waals surface area contributed by atoms with Crippen LogP contribution in [-0.4, -0.2) is 54.8 Å². The number of aromatic nitrogens is 1. The first-order valence-corrected chi connectivity index (χ1v) is 9.25. The van der Waals surface area contributed by atoms with Gasteiger partial charge in [-0.05, 0) is 50.9 Å². The summed E-state index contributed by atoms with van der Waals surface area (Å²) < 4.78 is 27.1. The van der Waals surface area contributed by atoms with Crippen LogP contribution >= 0.6 is 11.6 Å². The first kappa shape index (κ1) is 15.2. The molecule has 1 aromatic rings. The summed E-state index contributed by atoms with van der Waals surface area (Å²) in [5.74, 6) is 0. The van der Waals surface area contributed by atoms with Crippen LogP contribution in [0.15, 0.2) is 23.2 Å². The molecule has 116 valence electrons. The van der Waals surface area contributed by atoms with Crippen molar-refractivity contribution in [1.29, 1.82) is 0 Å². The van der Waals surface area contributed by atoms with Crippen LogP contribution < -0.4 is 0 Å². The molecule has 7 heteroatoms. The molecule has 1 unspecified atom stereocenters. The fourth-order valence-corrected chi connectivity index (χ4v) is 5.19. The highest BCUT2D eigenvalue weighted by atomic mass is 35.5. The number of rotatable bonds is 3. The average Bonchev–Trinajstić information content (AvgIpc) is 3.02. The average molecular weight is 330 g/mol. The Morgan fingerprint density at radius 2 is 1.95 bits per heavy atom. The number of nitrogens with zero attached hydrogens (tertiary/aromatic N) is 3. The summed E-state index contributed by atoms with van der Waals surface area (Å²) in [6.45, 7) is 3.31. The molecule has 0 spiro atoms. The van der Waals surface area contributed by atoms with Gasteiger partial charge in [0.05, 0.1) is 0 Å². The number of piperidine rings is 1. The molecule has 0 N–H and O–H groups in total. The molecular weight excluding hydrogens is 310 g/mol. The van der Waals surface area contributed by atoms with Crippen molar-refractivity contribution in [1.82, 2.24) is 14.2 Å². The molecule has 3 rings (SSSR count). The highest BCUT2D eigenvalue weighted by Gasteiger charge is 2.34. The van der Waals surface area contributed by atoms with Crippen LogP contribution in [-0.2, 0) is 10.0 Å². The Hall–Kier alpha value is -0.690. The van der Waals surface area contributed by atoms with Crippen LogP contribution in [0.3, 0.4) is 0 Å². The van der Waals surface area contributed by atoms with E-state index in [2.05, 4.69) is 9.88 Å².